The smallest absolute Gasteiger partial charge is 0.254 e. The summed E-state index contributed by atoms with van der Waals surface area (Å²) < 4.78 is 11.0. The fourth-order valence-corrected chi connectivity index (χ4v) is 3.49. The van der Waals surface area contributed by atoms with Crippen LogP contribution in [0.3, 0.4) is 0 Å². The van der Waals surface area contributed by atoms with E-state index in [1.165, 1.54) is 0 Å². The van der Waals surface area contributed by atoms with Gasteiger partial charge >= 0.3 is 0 Å². The van der Waals surface area contributed by atoms with E-state index in [-0.39, 0.29) is 11.9 Å². The predicted molar refractivity (Wildman–Crippen MR) is 99.0 cm³/mol. The van der Waals surface area contributed by atoms with Gasteiger partial charge in [-0.05, 0) is 50.8 Å². The van der Waals surface area contributed by atoms with Crippen LogP contribution in [0.4, 0.5) is 0 Å². The summed E-state index contributed by atoms with van der Waals surface area (Å²) in [5.41, 5.74) is 8.29. The first kappa shape index (κ1) is 18.5. The molecule has 3 rings (SSSR count). The van der Waals surface area contributed by atoms with E-state index in [9.17, 15) is 4.79 Å². The van der Waals surface area contributed by atoms with Crippen molar-refractivity contribution < 1.29 is 14.1 Å². The van der Waals surface area contributed by atoms with Gasteiger partial charge < -0.3 is 19.9 Å². The largest absolute Gasteiger partial charge is 0.489 e. The number of likely N-dealkylation sites (tertiary alicyclic amines) is 1. The van der Waals surface area contributed by atoms with E-state index in [2.05, 4.69) is 12.1 Å². The number of ether oxygens (including phenoxy) is 1. The van der Waals surface area contributed by atoms with Crippen LogP contribution < -0.4 is 10.5 Å². The van der Waals surface area contributed by atoms with Crippen molar-refractivity contribution in [2.45, 2.75) is 46.3 Å². The molecule has 6 heteroatoms. The Morgan fingerprint density at radius 3 is 2.92 bits per heavy atom. The number of aromatic nitrogens is 1. The van der Waals surface area contributed by atoms with Crippen molar-refractivity contribution in [3.8, 4) is 5.75 Å². The van der Waals surface area contributed by atoms with Gasteiger partial charge in [-0.2, -0.15) is 0 Å². The minimum atomic E-state index is 0.0233. The van der Waals surface area contributed by atoms with Crippen LogP contribution in [-0.2, 0) is 6.61 Å². The van der Waals surface area contributed by atoms with E-state index >= 15 is 0 Å². The normalized spacial score (nSPS) is 20.2. The molecule has 140 valence electrons. The number of benzene rings is 1. The van der Waals surface area contributed by atoms with Gasteiger partial charge in [0.1, 0.15) is 18.1 Å². The minimum Gasteiger partial charge on any atom is -0.489 e. The van der Waals surface area contributed by atoms with E-state index in [1.54, 1.807) is 6.07 Å². The summed E-state index contributed by atoms with van der Waals surface area (Å²) in [5, 5.41) is 3.93. The van der Waals surface area contributed by atoms with Crippen LogP contribution >= 0.6 is 0 Å². The monoisotopic (exact) mass is 357 g/mol. The molecule has 2 heterocycles. The van der Waals surface area contributed by atoms with Crippen molar-refractivity contribution in [3.63, 3.8) is 0 Å². The Bertz CT molecular complexity index is 752. The maximum atomic E-state index is 13.0. The summed E-state index contributed by atoms with van der Waals surface area (Å²) in [5.74, 6) is 2.04. The molecule has 0 saturated carbocycles. The van der Waals surface area contributed by atoms with E-state index in [4.69, 9.17) is 15.0 Å². The lowest BCUT2D eigenvalue weighted by atomic mass is 9.92. The summed E-state index contributed by atoms with van der Waals surface area (Å²) in [6.07, 6.45) is 1.98. The molecule has 2 atom stereocenters. The number of carbonyl (C=O) groups excluding carboxylic acids is 1. The molecular weight excluding hydrogens is 330 g/mol. The zero-order valence-electron chi connectivity index (χ0n) is 15.7. The van der Waals surface area contributed by atoms with E-state index in [0.717, 1.165) is 36.4 Å². The van der Waals surface area contributed by atoms with Crippen molar-refractivity contribution in [2.24, 2.45) is 11.7 Å². The Balaban J connectivity index is 1.71. The third-order valence-electron chi connectivity index (χ3n) is 5.16. The summed E-state index contributed by atoms with van der Waals surface area (Å²) >= 11 is 0. The van der Waals surface area contributed by atoms with Crippen molar-refractivity contribution >= 4 is 5.91 Å². The first-order valence-electron chi connectivity index (χ1n) is 9.15. The highest BCUT2D eigenvalue weighted by Crippen LogP contribution is 2.25. The highest BCUT2D eigenvalue weighted by Gasteiger charge is 2.29. The van der Waals surface area contributed by atoms with Crippen LogP contribution in [0, 0.1) is 19.8 Å². The number of nitrogens with zero attached hydrogens (tertiary/aromatic N) is 2. The van der Waals surface area contributed by atoms with Crippen molar-refractivity contribution in [2.75, 3.05) is 13.1 Å². The average Bonchev–Trinajstić information content (AvgIpc) is 2.97. The van der Waals surface area contributed by atoms with E-state index in [0.29, 0.717) is 30.4 Å². The number of rotatable bonds is 5. The molecule has 0 bridgehead atoms. The third-order valence-corrected chi connectivity index (χ3v) is 5.16. The summed E-state index contributed by atoms with van der Waals surface area (Å²) in [6, 6.07) is 7.44. The maximum Gasteiger partial charge on any atom is 0.254 e. The number of piperidine rings is 1. The molecule has 2 N–H and O–H groups in total. The van der Waals surface area contributed by atoms with Gasteiger partial charge in [0, 0.05) is 24.7 Å². The molecule has 1 amide bonds. The van der Waals surface area contributed by atoms with Crippen LogP contribution in [0.2, 0.25) is 0 Å². The lowest BCUT2D eigenvalue weighted by Crippen LogP contribution is -2.49. The van der Waals surface area contributed by atoms with Crippen molar-refractivity contribution in [1.82, 2.24) is 10.1 Å². The number of aryl methyl sites for hydroxylation is 2. The zero-order valence-corrected chi connectivity index (χ0v) is 15.7. The molecule has 0 radical (unpaired) electrons. The average molecular weight is 357 g/mol. The lowest BCUT2D eigenvalue weighted by Gasteiger charge is -2.38. The molecule has 1 saturated heterocycles. The molecule has 1 aliphatic heterocycles. The Kier molecular flexibility index (Phi) is 5.61. The summed E-state index contributed by atoms with van der Waals surface area (Å²) in [7, 11) is 0. The Morgan fingerprint density at radius 1 is 1.42 bits per heavy atom. The highest BCUT2D eigenvalue weighted by atomic mass is 16.5. The molecule has 1 aromatic carbocycles. The summed E-state index contributed by atoms with van der Waals surface area (Å²) in [4.78, 5) is 14.9. The first-order chi connectivity index (χ1) is 12.5. The van der Waals surface area contributed by atoms with Crippen LogP contribution in [0.1, 0.15) is 47.1 Å². The number of nitrogens with two attached hydrogens (primary N) is 1. The number of amides is 1. The fourth-order valence-electron chi connectivity index (χ4n) is 3.49. The molecule has 1 fully saturated rings. The standard InChI is InChI=1S/C20H27N3O3/c1-13-7-8-23(17(9-13)11-21)20(24)16-5-4-6-18(10-16)25-12-19-14(2)22-26-15(19)3/h4-6,10,13,17H,7-9,11-12,21H2,1-3H3. The van der Waals surface area contributed by atoms with Crippen molar-refractivity contribution in [3.05, 3.63) is 46.8 Å². The van der Waals surface area contributed by atoms with Crippen LogP contribution in [0.15, 0.2) is 28.8 Å². The second kappa shape index (κ2) is 7.91. The topological polar surface area (TPSA) is 81.6 Å². The van der Waals surface area contributed by atoms with E-state index < -0.39 is 0 Å². The second-order valence-electron chi connectivity index (χ2n) is 7.14. The van der Waals surface area contributed by atoms with Gasteiger partial charge in [0.25, 0.3) is 5.91 Å². The summed E-state index contributed by atoms with van der Waals surface area (Å²) in [6.45, 7) is 7.59. The van der Waals surface area contributed by atoms with Crippen LogP contribution in [0.25, 0.3) is 0 Å². The van der Waals surface area contributed by atoms with Gasteiger partial charge in [0.15, 0.2) is 0 Å². The van der Waals surface area contributed by atoms with E-state index in [1.807, 2.05) is 36.9 Å². The molecule has 0 aliphatic carbocycles. The van der Waals surface area contributed by atoms with Crippen LogP contribution in [0.5, 0.6) is 5.75 Å². The highest BCUT2D eigenvalue weighted by molar-refractivity contribution is 5.94. The SMILES string of the molecule is Cc1noc(C)c1COc1cccc(C(=O)N2CCC(C)CC2CN)c1. The van der Waals surface area contributed by atoms with Gasteiger partial charge in [0.2, 0.25) is 0 Å². The van der Waals surface area contributed by atoms with Gasteiger partial charge in [-0.3, -0.25) is 4.79 Å². The quantitative estimate of drug-likeness (QED) is 0.889. The third kappa shape index (κ3) is 3.90. The van der Waals surface area contributed by atoms with Crippen LogP contribution in [-0.4, -0.2) is 35.1 Å². The lowest BCUT2D eigenvalue weighted by molar-refractivity contribution is 0.0573. The Morgan fingerprint density at radius 2 is 2.23 bits per heavy atom. The van der Waals surface area contributed by atoms with Gasteiger partial charge in [-0.15, -0.1) is 0 Å². The molecule has 6 nitrogen and oxygen atoms in total. The maximum absolute atomic E-state index is 13.0. The number of carbonyl (C=O) groups is 1. The Hall–Kier alpha value is -2.34. The predicted octanol–water partition coefficient (Wildman–Crippen LogP) is 3.07. The first-order valence-corrected chi connectivity index (χ1v) is 9.15. The molecular formula is C20H27N3O3. The van der Waals surface area contributed by atoms with Crippen molar-refractivity contribution in [1.29, 1.82) is 0 Å². The second-order valence-corrected chi connectivity index (χ2v) is 7.14. The zero-order chi connectivity index (χ0) is 18.7. The number of hydrogen-bond acceptors (Lipinski definition) is 5. The minimum absolute atomic E-state index is 0.0233. The van der Waals surface area contributed by atoms with Gasteiger partial charge in [0.05, 0.1) is 11.3 Å². The van der Waals surface area contributed by atoms with Gasteiger partial charge in [-0.25, -0.2) is 0 Å². The molecule has 26 heavy (non-hydrogen) atoms. The molecule has 0 spiro atoms. The Labute approximate surface area is 154 Å². The van der Waals surface area contributed by atoms with Gasteiger partial charge in [-0.1, -0.05) is 18.1 Å². The molecule has 2 unspecified atom stereocenters. The molecule has 2 aromatic rings. The molecule has 1 aromatic heterocycles. The number of hydrogen-bond donors (Lipinski definition) is 1. The molecule has 1 aliphatic rings. The fraction of sp³-hybridized carbons (Fsp3) is 0.500.